The van der Waals surface area contributed by atoms with Gasteiger partial charge in [-0.05, 0) is 0 Å². The molecule has 0 aliphatic heterocycles. The zero-order valence-corrected chi connectivity index (χ0v) is 39.7. The third-order valence-electron chi connectivity index (χ3n) is 7.15. The van der Waals surface area contributed by atoms with E-state index in [1.54, 1.807) is 48.5 Å². The van der Waals surface area contributed by atoms with Crippen molar-refractivity contribution in [2.75, 3.05) is 0 Å². The van der Waals surface area contributed by atoms with Gasteiger partial charge in [0.2, 0.25) is 0 Å². The van der Waals surface area contributed by atoms with Crippen molar-refractivity contribution in [3.63, 3.8) is 0 Å². The molecule has 0 atom stereocenters. The Hall–Kier alpha value is -3.89. The van der Waals surface area contributed by atoms with Gasteiger partial charge in [-0.2, -0.15) is 0 Å². The van der Waals surface area contributed by atoms with Crippen LogP contribution in [0.3, 0.4) is 0 Å². The van der Waals surface area contributed by atoms with E-state index in [0.717, 1.165) is 44.6 Å². The first-order valence-corrected chi connectivity index (χ1v) is 39.9. The van der Waals surface area contributed by atoms with Crippen LogP contribution in [0.5, 0.6) is 0 Å². The van der Waals surface area contributed by atoms with Gasteiger partial charge in [-0.3, -0.25) is 0 Å². The molecule has 282 valence electrons. The zero-order chi connectivity index (χ0) is 39.9. The summed E-state index contributed by atoms with van der Waals surface area (Å²) in [5.41, 5.74) is 1.74. The average Bonchev–Trinajstić information content (AvgIpc) is 3.22. The van der Waals surface area contributed by atoms with Crippen molar-refractivity contribution in [3.05, 3.63) is 195 Å². The fourth-order valence-corrected chi connectivity index (χ4v) is 45.5. The summed E-state index contributed by atoms with van der Waals surface area (Å²) in [6.45, 7) is 13.8. The van der Waals surface area contributed by atoms with Gasteiger partial charge in [0.25, 0.3) is 0 Å². The quantitative estimate of drug-likeness (QED) is 0.0362. The Morgan fingerprint density at radius 3 is 0.732 bits per heavy atom. The molecule has 0 fully saturated rings. The predicted octanol–water partition coefficient (Wildman–Crippen LogP) is 9.45. The molecule has 8 nitrogen and oxygen atoms in total. The fourth-order valence-electron chi connectivity index (χ4n) is 4.51. The first-order chi connectivity index (χ1) is 27.2. The predicted molar refractivity (Wildman–Crippen MR) is 229 cm³/mol. The van der Waals surface area contributed by atoms with E-state index in [1.165, 1.54) is 6.54 Å². The Balaban J connectivity index is 1.44. The van der Waals surface area contributed by atoms with E-state index in [4.69, 9.17) is 18.9 Å². The zero-order valence-electron chi connectivity index (χ0n) is 29.5. The first-order valence-electron chi connectivity index (χ1n) is 16.3. The number of hydrogen-bond acceptors (Lipinski definition) is 12. The number of hydrogen-bond donors (Lipinski definition) is 0. The number of carbonyl (C=O) groups is 4. The molecular formula is C42H32Bi2O8S4. The van der Waals surface area contributed by atoms with E-state index in [0.29, 0.717) is 22.3 Å². The topological polar surface area (TPSA) is 105 Å². The third-order valence-corrected chi connectivity index (χ3v) is 48.2. The van der Waals surface area contributed by atoms with E-state index >= 15 is 0 Å². The summed E-state index contributed by atoms with van der Waals surface area (Å²) in [5, 5.41) is 0. The van der Waals surface area contributed by atoms with Crippen LogP contribution in [0.25, 0.3) is 0 Å². The summed E-state index contributed by atoms with van der Waals surface area (Å²) < 4.78 is 22.3. The minimum absolute atomic E-state index is 0.435. The second kappa shape index (κ2) is 22.2. The van der Waals surface area contributed by atoms with E-state index in [2.05, 4.69) is 50.6 Å². The molecule has 5 aromatic carbocycles. The summed E-state index contributed by atoms with van der Waals surface area (Å²) in [6.07, 6.45) is 4.46. The van der Waals surface area contributed by atoms with Crippen LogP contribution < -0.4 is 6.54 Å². The number of esters is 4. The summed E-state index contributed by atoms with van der Waals surface area (Å²) in [5.74, 6) is -1.87. The molecule has 56 heavy (non-hydrogen) atoms. The van der Waals surface area contributed by atoms with Gasteiger partial charge in [0.1, 0.15) is 0 Å². The summed E-state index contributed by atoms with van der Waals surface area (Å²) in [4.78, 5) is 53.1. The van der Waals surface area contributed by atoms with Gasteiger partial charge in [-0.15, -0.1) is 0 Å². The van der Waals surface area contributed by atoms with Crippen molar-refractivity contribution in [1.82, 2.24) is 0 Å². The normalized spacial score (nSPS) is 10.6. The molecule has 14 heteroatoms. The average molecular weight is 1210 g/mol. The summed E-state index contributed by atoms with van der Waals surface area (Å²) in [6, 6.07) is 38.4. The van der Waals surface area contributed by atoms with E-state index in [9.17, 15) is 19.2 Å². The molecule has 0 spiro atoms. The van der Waals surface area contributed by atoms with Crippen molar-refractivity contribution in [2.24, 2.45) is 0 Å². The second-order valence-corrected chi connectivity index (χ2v) is 46.8. The van der Waals surface area contributed by atoms with Gasteiger partial charge in [-0.1, -0.05) is 0 Å². The third kappa shape index (κ3) is 12.6. The monoisotopic (exact) mass is 1210 g/mol. The molecule has 0 aliphatic carbocycles. The van der Waals surface area contributed by atoms with Crippen LogP contribution in [-0.2, 0) is 18.9 Å². The Bertz CT molecular complexity index is 1900. The standard InChI is InChI=1S/4C9H8O2S.C6H4.2Bi/c4*1-2-11-9(10)7-3-5-8(12)6-4-7;1-2-4-6-5-3-1;;/h4*2-6,12H,1H2;1-2,5-6H;;/q;;;;;2*+2/p-4. The van der Waals surface area contributed by atoms with Gasteiger partial charge >= 0.3 is 355 Å². The van der Waals surface area contributed by atoms with Gasteiger partial charge in [0.05, 0.1) is 0 Å². The van der Waals surface area contributed by atoms with E-state index < -0.39 is 61.5 Å². The molecule has 0 bridgehead atoms. The molecule has 0 amide bonds. The Kier molecular flexibility index (Phi) is 17.1. The molecule has 5 rings (SSSR count). The van der Waals surface area contributed by atoms with Crippen LogP contribution in [0.15, 0.2) is 192 Å². The molecular weight excluding hydrogens is 1180 g/mol. The fraction of sp³-hybridized carbons (Fsp3) is 0. The minimum atomic E-state index is -2.75. The van der Waals surface area contributed by atoms with Crippen molar-refractivity contribution in [1.29, 1.82) is 0 Å². The summed E-state index contributed by atoms with van der Waals surface area (Å²) in [7, 11) is 7.32. The van der Waals surface area contributed by atoms with Gasteiger partial charge in [0, 0.05) is 0 Å². The molecule has 5 aromatic rings. The Morgan fingerprint density at radius 2 is 0.554 bits per heavy atom. The van der Waals surface area contributed by atoms with Crippen LogP contribution in [0.4, 0.5) is 0 Å². The van der Waals surface area contributed by atoms with Crippen LogP contribution in [0, 0.1) is 0 Å². The first kappa shape index (κ1) is 43.2. The molecule has 0 heterocycles. The Labute approximate surface area is 351 Å². The van der Waals surface area contributed by atoms with Gasteiger partial charge in [0.15, 0.2) is 0 Å². The van der Waals surface area contributed by atoms with Crippen LogP contribution in [-0.4, -0.2) is 61.5 Å². The number of carbonyl (C=O) groups excluding carboxylic acids is 4. The summed E-state index contributed by atoms with van der Waals surface area (Å²) >= 11 is -5.49. The van der Waals surface area contributed by atoms with Crippen LogP contribution >= 0.6 is 34.1 Å². The SMILES string of the molecule is C=COC(=O)c1ccc([S][Bi]([S]c2ccc(C(=O)OC=C)cc2)[c]2cc[c]([Bi]([S]c3ccc(C(=O)OC=C)cc3)[S]c3ccc(C(=O)OC=C)cc3)cc2)cc1. The molecule has 0 saturated carbocycles. The number of ether oxygens (including phenoxy) is 4. The van der Waals surface area contributed by atoms with Crippen molar-refractivity contribution >= 4 is 102 Å². The second-order valence-electron chi connectivity index (χ2n) is 10.8. The van der Waals surface area contributed by atoms with Crippen molar-refractivity contribution in [3.8, 4) is 0 Å². The molecule has 0 N–H and O–H groups in total. The maximum absolute atomic E-state index is 12.2. The number of rotatable bonds is 18. The van der Waals surface area contributed by atoms with Gasteiger partial charge < -0.3 is 0 Å². The van der Waals surface area contributed by atoms with E-state index in [1.807, 2.05) is 82.6 Å². The Morgan fingerprint density at radius 1 is 0.357 bits per heavy atom. The maximum atomic E-state index is 12.2. The van der Waals surface area contributed by atoms with Crippen LogP contribution in [0.1, 0.15) is 41.4 Å². The molecule has 0 radical (unpaired) electrons. The number of benzene rings is 5. The van der Waals surface area contributed by atoms with Gasteiger partial charge in [-0.25, -0.2) is 0 Å². The van der Waals surface area contributed by atoms with Crippen LogP contribution in [0.2, 0.25) is 0 Å². The van der Waals surface area contributed by atoms with Crippen molar-refractivity contribution < 1.29 is 38.1 Å². The van der Waals surface area contributed by atoms with Crippen molar-refractivity contribution in [2.45, 2.75) is 19.6 Å². The van der Waals surface area contributed by atoms with E-state index in [-0.39, 0.29) is 0 Å². The molecule has 0 saturated heterocycles. The molecule has 0 aliphatic rings. The molecule has 0 aromatic heterocycles. The molecule has 0 unspecified atom stereocenters.